The summed E-state index contributed by atoms with van der Waals surface area (Å²) in [7, 11) is 0. The fraction of sp³-hybridized carbons (Fsp3) is 0.160. The molecule has 4 heterocycles. The minimum Gasteiger partial charge on any atom is -0.500 e. The van der Waals surface area contributed by atoms with E-state index in [9.17, 15) is 5.26 Å². The Kier molecular flexibility index (Phi) is 11.3. The van der Waals surface area contributed by atoms with Gasteiger partial charge in [0.05, 0.1) is 23.0 Å². The molecule has 283 valence electrons. The number of fused-ring (bicyclic) bond motifs is 4. The summed E-state index contributed by atoms with van der Waals surface area (Å²) in [6.07, 6.45) is 3.74. The predicted octanol–water partition coefficient (Wildman–Crippen LogP) is 12.7. The van der Waals surface area contributed by atoms with E-state index in [0.29, 0.717) is 23.0 Å². The molecule has 7 heteroatoms. The maximum absolute atomic E-state index is 9.90. The molecule has 9 rings (SSSR count). The van der Waals surface area contributed by atoms with E-state index in [2.05, 4.69) is 92.3 Å². The summed E-state index contributed by atoms with van der Waals surface area (Å²) >= 11 is 0. The predicted molar refractivity (Wildman–Crippen MR) is 227 cm³/mol. The first kappa shape index (κ1) is 39.1. The van der Waals surface area contributed by atoms with Gasteiger partial charge in [-0.2, -0.15) is 23.5 Å². The number of pyridine rings is 2. The van der Waals surface area contributed by atoms with Crippen LogP contribution in [0.15, 0.2) is 132 Å². The average molecular weight is 920 g/mol. The zero-order chi connectivity index (χ0) is 38.9. The number of aromatic nitrogens is 4. The number of furan rings is 1. The number of nitrogens with zero attached hydrogens (tertiary/aromatic N) is 5. The van der Waals surface area contributed by atoms with Crippen LogP contribution in [0.2, 0.25) is 0 Å². The van der Waals surface area contributed by atoms with E-state index in [4.69, 9.17) is 9.40 Å². The Labute approximate surface area is 347 Å². The third-order valence-corrected chi connectivity index (χ3v) is 10.2. The van der Waals surface area contributed by atoms with E-state index in [1.54, 1.807) is 0 Å². The Morgan fingerprint density at radius 1 is 0.702 bits per heavy atom. The molecule has 0 atom stereocenters. The van der Waals surface area contributed by atoms with Crippen molar-refractivity contribution in [2.45, 2.75) is 53.4 Å². The molecular formula is C50H41IrN5O-2. The van der Waals surface area contributed by atoms with Crippen molar-refractivity contribution in [2.24, 2.45) is 0 Å². The van der Waals surface area contributed by atoms with Crippen LogP contribution in [-0.2, 0) is 20.1 Å². The first-order chi connectivity index (χ1) is 27.2. The SMILES string of the molecule is CC(C)c1cccc(C(C)C)c1-c1ccnc(-c2[c-]ccc3c2oc2c(-c4ccccc4)c(C#N)ccc23)c1.Cc1ccc(-n2c(C)nc3ccc[c-]c32)nc1.[Ir]. The van der Waals surface area contributed by atoms with Crippen molar-refractivity contribution < 1.29 is 24.5 Å². The van der Waals surface area contributed by atoms with Crippen LogP contribution < -0.4 is 0 Å². The number of hydrogen-bond acceptors (Lipinski definition) is 5. The van der Waals surface area contributed by atoms with Crippen LogP contribution in [0.1, 0.15) is 67.6 Å². The molecule has 0 amide bonds. The van der Waals surface area contributed by atoms with Crippen molar-refractivity contribution in [1.82, 2.24) is 19.5 Å². The van der Waals surface area contributed by atoms with Crippen LogP contribution >= 0.6 is 0 Å². The van der Waals surface area contributed by atoms with Crippen LogP contribution in [0.3, 0.4) is 0 Å². The molecule has 57 heavy (non-hydrogen) atoms. The molecule has 4 aromatic heterocycles. The molecule has 0 bridgehead atoms. The number of aryl methyl sites for hydroxylation is 2. The maximum atomic E-state index is 9.90. The molecule has 0 spiro atoms. The zero-order valence-electron chi connectivity index (χ0n) is 32.8. The smallest absolute Gasteiger partial charge is 0.136 e. The second kappa shape index (κ2) is 16.5. The van der Waals surface area contributed by atoms with E-state index in [1.807, 2.05) is 110 Å². The fourth-order valence-corrected chi connectivity index (χ4v) is 7.53. The molecule has 0 aliphatic heterocycles. The van der Waals surface area contributed by atoms with Crippen molar-refractivity contribution in [2.75, 3.05) is 0 Å². The fourth-order valence-electron chi connectivity index (χ4n) is 7.53. The Morgan fingerprint density at radius 3 is 2.16 bits per heavy atom. The van der Waals surface area contributed by atoms with Crippen molar-refractivity contribution in [3.63, 3.8) is 0 Å². The van der Waals surface area contributed by atoms with Gasteiger partial charge in [-0.1, -0.05) is 105 Å². The minimum absolute atomic E-state index is 0. The van der Waals surface area contributed by atoms with Gasteiger partial charge in [0.25, 0.3) is 0 Å². The summed E-state index contributed by atoms with van der Waals surface area (Å²) in [5.74, 6) is 2.61. The largest absolute Gasteiger partial charge is 0.500 e. The van der Waals surface area contributed by atoms with E-state index in [1.165, 1.54) is 16.7 Å². The normalized spacial score (nSPS) is 11.1. The third-order valence-electron chi connectivity index (χ3n) is 10.2. The maximum Gasteiger partial charge on any atom is 0.136 e. The van der Waals surface area contributed by atoms with E-state index < -0.39 is 0 Å². The van der Waals surface area contributed by atoms with Gasteiger partial charge in [-0.25, -0.2) is 4.98 Å². The van der Waals surface area contributed by atoms with E-state index >= 15 is 0 Å². The number of hydrogen-bond donors (Lipinski definition) is 0. The van der Waals surface area contributed by atoms with Crippen LogP contribution in [0, 0.1) is 37.3 Å². The molecule has 0 N–H and O–H groups in total. The standard InChI is InChI=1S/C36H29N2O.C14H12N3.Ir/c1-22(2)27-12-8-13-28(23(3)4)34(27)25-18-19-38-32(20-25)31-15-9-14-29-30-17-16-26(21-37)33(36(30)39-35(29)31)24-10-6-5-7-11-24;1-10-7-8-14(15-9-10)17-11(2)16-12-5-3-4-6-13(12)17;/h5-14,16-20,22-23H,1-4H3;3-5,7-9H,1-2H3;/q2*-1;. The van der Waals surface area contributed by atoms with Gasteiger partial charge < -0.3 is 14.0 Å². The number of para-hydroxylation sites is 1. The van der Waals surface area contributed by atoms with Gasteiger partial charge in [0.15, 0.2) is 0 Å². The summed E-state index contributed by atoms with van der Waals surface area (Å²) in [5, 5.41) is 11.9. The molecular weight excluding hydrogens is 879 g/mol. The Morgan fingerprint density at radius 2 is 1.46 bits per heavy atom. The summed E-state index contributed by atoms with van der Waals surface area (Å²) < 4.78 is 8.64. The van der Waals surface area contributed by atoms with E-state index in [0.717, 1.165) is 72.5 Å². The molecule has 0 saturated carbocycles. The van der Waals surface area contributed by atoms with Crippen LogP contribution in [0.5, 0.6) is 0 Å². The van der Waals surface area contributed by atoms with Crippen LogP contribution in [-0.4, -0.2) is 19.5 Å². The van der Waals surface area contributed by atoms with Crippen LogP contribution in [0.4, 0.5) is 0 Å². The summed E-state index contributed by atoms with van der Waals surface area (Å²) in [6.45, 7) is 13.0. The van der Waals surface area contributed by atoms with Gasteiger partial charge in [0.1, 0.15) is 11.4 Å². The van der Waals surface area contributed by atoms with Crippen molar-refractivity contribution in [1.29, 1.82) is 5.26 Å². The number of imidazole rings is 1. The molecule has 0 fully saturated rings. The first-order valence-corrected chi connectivity index (χ1v) is 19.0. The molecule has 1 radical (unpaired) electrons. The van der Waals surface area contributed by atoms with Gasteiger partial charge in [0.2, 0.25) is 0 Å². The first-order valence-electron chi connectivity index (χ1n) is 19.0. The summed E-state index contributed by atoms with van der Waals surface area (Å²) in [6, 6.07) is 47.5. The second-order valence-electron chi connectivity index (χ2n) is 14.7. The second-order valence-corrected chi connectivity index (χ2v) is 14.7. The van der Waals surface area contributed by atoms with Gasteiger partial charge in [-0.15, -0.1) is 24.3 Å². The molecule has 0 unspecified atom stereocenters. The third kappa shape index (κ3) is 7.43. The molecule has 9 aromatic rings. The molecule has 0 aliphatic carbocycles. The molecule has 6 nitrogen and oxygen atoms in total. The zero-order valence-corrected chi connectivity index (χ0v) is 35.2. The van der Waals surface area contributed by atoms with Crippen LogP contribution in [0.25, 0.3) is 72.3 Å². The van der Waals surface area contributed by atoms with Gasteiger partial charge in [-0.3, -0.25) is 4.98 Å². The van der Waals surface area contributed by atoms with E-state index in [-0.39, 0.29) is 20.1 Å². The summed E-state index contributed by atoms with van der Waals surface area (Å²) in [5.41, 5.74) is 13.6. The Balaban J connectivity index is 0.000000230. The van der Waals surface area contributed by atoms with Crippen molar-refractivity contribution in [3.05, 3.63) is 168 Å². The monoisotopic (exact) mass is 920 g/mol. The minimum atomic E-state index is 0. The van der Waals surface area contributed by atoms with Gasteiger partial charge in [-0.05, 0) is 94.0 Å². The molecule has 0 saturated heterocycles. The average Bonchev–Trinajstić information content (AvgIpc) is 3.78. The van der Waals surface area contributed by atoms with Crippen molar-refractivity contribution >= 4 is 33.0 Å². The number of benzene rings is 5. The Bertz CT molecular complexity index is 2870. The number of rotatable bonds is 6. The quantitative estimate of drug-likeness (QED) is 0.155. The summed E-state index contributed by atoms with van der Waals surface area (Å²) in [4.78, 5) is 13.7. The topological polar surface area (TPSA) is 80.5 Å². The molecule has 5 aromatic carbocycles. The molecule has 0 aliphatic rings. The van der Waals surface area contributed by atoms with Gasteiger partial charge in [0, 0.05) is 43.4 Å². The van der Waals surface area contributed by atoms with Crippen molar-refractivity contribution in [3.8, 4) is 45.4 Å². The Hall–Kier alpha value is -6.19. The number of nitriles is 1. The van der Waals surface area contributed by atoms with Gasteiger partial charge >= 0.3 is 0 Å².